The van der Waals surface area contributed by atoms with Crippen LogP contribution < -0.4 is 10.2 Å². The normalized spacial score (nSPS) is 22.5. The summed E-state index contributed by atoms with van der Waals surface area (Å²) in [5.41, 5.74) is 0.621. The van der Waals surface area contributed by atoms with Crippen LogP contribution in [0, 0.1) is 5.92 Å². The minimum Gasteiger partial charge on any atom is -0.353 e. The topological polar surface area (TPSA) is 49.4 Å². The highest BCUT2D eigenvalue weighted by molar-refractivity contribution is 6.36. The molecule has 130 valence electrons. The summed E-state index contributed by atoms with van der Waals surface area (Å²) in [5.74, 6) is -0.393. The number of anilines is 1. The Kier molecular flexibility index (Phi) is 5.67. The third kappa shape index (κ3) is 4.04. The minimum atomic E-state index is -0.313. The molecule has 3 rings (SSSR count). The lowest BCUT2D eigenvalue weighted by Crippen LogP contribution is -2.39. The van der Waals surface area contributed by atoms with Crippen LogP contribution in [-0.2, 0) is 9.59 Å². The molecule has 1 heterocycles. The van der Waals surface area contributed by atoms with E-state index in [0.717, 1.165) is 12.8 Å². The van der Waals surface area contributed by atoms with Crippen LogP contribution in [0.15, 0.2) is 18.2 Å². The number of nitrogens with one attached hydrogen (secondary N) is 1. The van der Waals surface area contributed by atoms with Crippen LogP contribution in [0.25, 0.3) is 0 Å². The number of nitrogens with zero attached hydrogens (tertiary/aromatic N) is 1. The highest BCUT2D eigenvalue weighted by Gasteiger charge is 2.36. The lowest BCUT2D eigenvalue weighted by molar-refractivity contribution is -0.127. The molecule has 2 amide bonds. The van der Waals surface area contributed by atoms with Crippen LogP contribution in [0.3, 0.4) is 0 Å². The molecule has 2 fully saturated rings. The van der Waals surface area contributed by atoms with E-state index in [4.69, 9.17) is 23.2 Å². The lowest BCUT2D eigenvalue weighted by Gasteiger charge is -2.20. The van der Waals surface area contributed by atoms with Crippen LogP contribution in [0.5, 0.6) is 0 Å². The van der Waals surface area contributed by atoms with Crippen LogP contribution in [0.1, 0.15) is 44.9 Å². The van der Waals surface area contributed by atoms with E-state index in [2.05, 4.69) is 5.32 Å². The summed E-state index contributed by atoms with van der Waals surface area (Å²) in [5, 5.41) is 4.10. The van der Waals surface area contributed by atoms with Gasteiger partial charge < -0.3 is 10.2 Å². The molecular weight excluding hydrogens is 347 g/mol. The van der Waals surface area contributed by atoms with Gasteiger partial charge >= 0.3 is 0 Å². The number of hydrogen-bond acceptors (Lipinski definition) is 2. The molecule has 0 bridgehead atoms. The predicted molar refractivity (Wildman–Crippen MR) is 96.6 cm³/mol. The zero-order chi connectivity index (χ0) is 17.1. The van der Waals surface area contributed by atoms with E-state index in [9.17, 15) is 9.59 Å². The summed E-state index contributed by atoms with van der Waals surface area (Å²) >= 11 is 12.1. The number of carbonyl (C=O) groups is 2. The molecule has 1 aromatic rings. The quantitative estimate of drug-likeness (QED) is 0.813. The van der Waals surface area contributed by atoms with Gasteiger partial charge in [-0.2, -0.15) is 0 Å². The van der Waals surface area contributed by atoms with Crippen molar-refractivity contribution in [3.63, 3.8) is 0 Å². The van der Waals surface area contributed by atoms with E-state index < -0.39 is 0 Å². The Hall–Kier alpha value is -1.26. The zero-order valence-corrected chi connectivity index (χ0v) is 15.1. The number of amides is 2. The van der Waals surface area contributed by atoms with Crippen molar-refractivity contribution >= 4 is 40.7 Å². The fraction of sp³-hybridized carbons (Fsp3) is 0.556. The SMILES string of the molecule is O=C(NC1CCCCCC1)C1CC(=O)N(c2ccc(Cl)cc2Cl)C1. The van der Waals surface area contributed by atoms with Crippen molar-refractivity contribution in [3.8, 4) is 0 Å². The second kappa shape index (κ2) is 7.75. The molecule has 4 nitrogen and oxygen atoms in total. The first-order chi connectivity index (χ1) is 11.5. The third-order valence-electron chi connectivity index (χ3n) is 4.90. The van der Waals surface area contributed by atoms with Gasteiger partial charge in [0.1, 0.15) is 0 Å². The van der Waals surface area contributed by atoms with Gasteiger partial charge in [-0.3, -0.25) is 9.59 Å². The zero-order valence-electron chi connectivity index (χ0n) is 13.6. The van der Waals surface area contributed by atoms with Crippen LogP contribution in [-0.4, -0.2) is 24.4 Å². The largest absolute Gasteiger partial charge is 0.353 e. The second-order valence-corrected chi connectivity index (χ2v) is 7.54. The molecule has 24 heavy (non-hydrogen) atoms. The molecule has 1 unspecified atom stereocenters. The van der Waals surface area contributed by atoms with E-state index in [-0.39, 0.29) is 30.2 Å². The summed E-state index contributed by atoms with van der Waals surface area (Å²) in [6.07, 6.45) is 7.14. The molecule has 1 aliphatic heterocycles. The van der Waals surface area contributed by atoms with Gasteiger partial charge in [0, 0.05) is 24.0 Å². The molecule has 2 aliphatic rings. The molecule has 1 aliphatic carbocycles. The van der Waals surface area contributed by atoms with Gasteiger partial charge in [0.05, 0.1) is 16.6 Å². The van der Waals surface area contributed by atoms with E-state index in [1.165, 1.54) is 25.7 Å². The number of rotatable bonds is 3. The Morgan fingerprint density at radius 1 is 1.12 bits per heavy atom. The number of benzene rings is 1. The predicted octanol–water partition coefficient (Wildman–Crippen LogP) is 4.19. The Morgan fingerprint density at radius 2 is 1.83 bits per heavy atom. The van der Waals surface area contributed by atoms with Crippen molar-refractivity contribution in [3.05, 3.63) is 28.2 Å². The molecular formula is C18H22Cl2N2O2. The van der Waals surface area contributed by atoms with E-state index in [1.54, 1.807) is 23.1 Å². The maximum Gasteiger partial charge on any atom is 0.227 e. The van der Waals surface area contributed by atoms with Gasteiger partial charge in [-0.1, -0.05) is 48.9 Å². The first-order valence-corrected chi connectivity index (χ1v) is 9.36. The molecule has 1 saturated heterocycles. The minimum absolute atomic E-state index is 0.0113. The monoisotopic (exact) mass is 368 g/mol. The van der Waals surface area contributed by atoms with E-state index >= 15 is 0 Å². The first kappa shape index (κ1) is 17.6. The molecule has 1 aromatic carbocycles. The molecule has 0 radical (unpaired) electrons. The Labute approximate surface area is 152 Å². The summed E-state index contributed by atoms with van der Waals surface area (Å²) in [6.45, 7) is 0.374. The smallest absolute Gasteiger partial charge is 0.227 e. The Balaban J connectivity index is 1.64. The van der Waals surface area contributed by atoms with Gasteiger partial charge in [0.2, 0.25) is 11.8 Å². The highest BCUT2D eigenvalue weighted by Crippen LogP contribution is 2.33. The summed E-state index contributed by atoms with van der Waals surface area (Å²) in [7, 11) is 0. The average molecular weight is 369 g/mol. The Morgan fingerprint density at radius 3 is 2.50 bits per heavy atom. The van der Waals surface area contributed by atoms with Crippen molar-refractivity contribution in [2.75, 3.05) is 11.4 Å². The van der Waals surface area contributed by atoms with Gasteiger partial charge in [-0.25, -0.2) is 0 Å². The number of halogens is 2. The highest BCUT2D eigenvalue weighted by atomic mass is 35.5. The fourth-order valence-electron chi connectivity index (χ4n) is 3.56. The standard InChI is InChI=1S/C18H22Cl2N2O2/c19-13-7-8-16(15(20)10-13)22-11-12(9-17(22)23)18(24)21-14-5-3-1-2-4-6-14/h7-8,10,12,14H,1-6,9,11H2,(H,21,24). The average Bonchev–Trinajstić information content (AvgIpc) is 2.75. The van der Waals surface area contributed by atoms with Gasteiger partial charge in [-0.05, 0) is 31.0 Å². The fourth-order valence-corrected chi connectivity index (χ4v) is 4.07. The maximum atomic E-state index is 12.5. The van der Waals surface area contributed by atoms with Gasteiger partial charge in [-0.15, -0.1) is 0 Å². The molecule has 1 N–H and O–H groups in total. The number of carbonyl (C=O) groups excluding carboxylic acids is 2. The third-order valence-corrected chi connectivity index (χ3v) is 5.44. The van der Waals surface area contributed by atoms with Crippen LogP contribution in [0.2, 0.25) is 10.0 Å². The summed E-state index contributed by atoms with van der Waals surface area (Å²) < 4.78 is 0. The molecule has 0 spiro atoms. The lowest BCUT2D eigenvalue weighted by atomic mass is 10.0. The van der Waals surface area contributed by atoms with Crippen molar-refractivity contribution in [2.45, 2.75) is 51.0 Å². The molecule has 1 saturated carbocycles. The van der Waals surface area contributed by atoms with Crippen molar-refractivity contribution in [2.24, 2.45) is 5.92 Å². The van der Waals surface area contributed by atoms with Crippen LogP contribution >= 0.6 is 23.2 Å². The second-order valence-electron chi connectivity index (χ2n) is 6.70. The van der Waals surface area contributed by atoms with E-state index in [0.29, 0.717) is 22.3 Å². The molecule has 6 heteroatoms. The maximum absolute atomic E-state index is 12.5. The molecule has 1 atom stereocenters. The Bertz CT molecular complexity index is 627. The number of hydrogen-bond donors (Lipinski definition) is 1. The summed E-state index contributed by atoms with van der Waals surface area (Å²) in [4.78, 5) is 26.5. The van der Waals surface area contributed by atoms with Crippen LogP contribution in [0.4, 0.5) is 5.69 Å². The van der Waals surface area contributed by atoms with E-state index in [1.807, 2.05) is 0 Å². The van der Waals surface area contributed by atoms with Crippen molar-refractivity contribution in [1.29, 1.82) is 0 Å². The summed E-state index contributed by atoms with van der Waals surface area (Å²) in [6, 6.07) is 5.30. The molecule has 0 aromatic heterocycles. The van der Waals surface area contributed by atoms with Gasteiger partial charge in [0.15, 0.2) is 0 Å². The van der Waals surface area contributed by atoms with Gasteiger partial charge in [0.25, 0.3) is 0 Å². The van der Waals surface area contributed by atoms with Crippen molar-refractivity contribution < 1.29 is 9.59 Å². The first-order valence-electron chi connectivity index (χ1n) is 8.60. The van der Waals surface area contributed by atoms with Crippen molar-refractivity contribution in [1.82, 2.24) is 5.32 Å².